The number of sulfonamides is 1. The summed E-state index contributed by atoms with van der Waals surface area (Å²) in [6, 6.07) is 7.33. The summed E-state index contributed by atoms with van der Waals surface area (Å²) in [4.78, 5) is 19.8. The first-order valence-electron chi connectivity index (χ1n) is 8.05. The molecule has 0 bridgehead atoms. The number of hydrogen-bond acceptors (Lipinski definition) is 7. The summed E-state index contributed by atoms with van der Waals surface area (Å²) in [5.41, 5.74) is 0.299. The van der Waals surface area contributed by atoms with E-state index in [1.54, 1.807) is 19.2 Å². The van der Waals surface area contributed by atoms with Gasteiger partial charge in [0.1, 0.15) is 11.9 Å². The molecule has 3 rings (SSSR count). The molecule has 138 valence electrons. The molecule has 0 spiro atoms. The van der Waals surface area contributed by atoms with Gasteiger partial charge < -0.3 is 9.47 Å². The second-order valence-electron chi connectivity index (χ2n) is 5.85. The van der Waals surface area contributed by atoms with E-state index >= 15 is 0 Å². The highest BCUT2D eigenvalue weighted by atomic mass is 32.2. The summed E-state index contributed by atoms with van der Waals surface area (Å²) >= 11 is 0. The van der Waals surface area contributed by atoms with Crippen LogP contribution >= 0.6 is 0 Å². The van der Waals surface area contributed by atoms with Gasteiger partial charge in [0.25, 0.3) is 0 Å². The van der Waals surface area contributed by atoms with Gasteiger partial charge in [-0.05, 0) is 37.6 Å². The number of ether oxygens (including phenoxy) is 2. The molecule has 1 aliphatic heterocycles. The lowest BCUT2D eigenvalue weighted by molar-refractivity contribution is 0.0600. The van der Waals surface area contributed by atoms with Gasteiger partial charge in [-0.2, -0.15) is 9.29 Å². The summed E-state index contributed by atoms with van der Waals surface area (Å²) in [5.74, 6) is 0.517. The van der Waals surface area contributed by atoms with E-state index in [-0.39, 0.29) is 17.5 Å². The Morgan fingerprint density at radius 3 is 2.62 bits per heavy atom. The quantitative estimate of drug-likeness (QED) is 0.727. The number of carbonyl (C=O) groups excluding carboxylic acids is 1. The molecule has 1 atom stereocenters. The van der Waals surface area contributed by atoms with Crippen molar-refractivity contribution in [2.24, 2.45) is 0 Å². The van der Waals surface area contributed by atoms with E-state index in [9.17, 15) is 13.2 Å². The first kappa shape index (κ1) is 18.3. The Kier molecular flexibility index (Phi) is 5.19. The SMILES string of the molecule is COC(=O)c1ccc(S(=O)(=O)N2CC[C@H](Oc3ccnc(C)n3)C2)cc1. The number of esters is 1. The Labute approximate surface area is 151 Å². The highest BCUT2D eigenvalue weighted by Gasteiger charge is 2.34. The topological polar surface area (TPSA) is 98.7 Å². The summed E-state index contributed by atoms with van der Waals surface area (Å²) in [6.07, 6.45) is 1.90. The van der Waals surface area contributed by atoms with Crippen LogP contribution in [-0.2, 0) is 14.8 Å². The summed E-state index contributed by atoms with van der Waals surface area (Å²) in [7, 11) is -2.38. The van der Waals surface area contributed by atoms with Gasteiger partial charge in [-0.15, -0.1) is 0 Å². The zero-order valence-corrected chi connectivity index (χ0v) is 15.3. The lowest BCUT2D eigenvalue weighted by Crippen LogP contribution is -2.31. The van der Waals surface area contributed by atoms with Crippen LogP contribution in [0.2, 0.25) is 0 Å². The molecule has 1 aromatic heterocycles. The molecule has 9 heteroatoms. The van der Waals surface area contributed by atoms with Crippen LogP contribution in [0.1, 0.15) is 22.6 Å². The molecule has 0 saturated carbocycles. The van der Waals surface area contributed by atoms with E-state index in [2.05, 4.69) is 14.7 Å². The number of benzene rings is 1. The van der Waals surface area contributed by atoms with Crippen molar-refractivity contribution >= 4 is 16.0 Å². The van der Waals surface area contributed by atoms with Crippen LogP contribution in [0.25, 0.3) is 0 Å². The van der Waals surface area contributed by atoms with Crippen molar-refractivity contribution < 1.29 is 22.7 Å². The van der Waals surface area contributed by atoms with Gasteiger partial charge in [0.05, 0.1) is 24.1 Å². The van der Waals surface area contributed by atoms with E-state index < -0.39 is 16.0 Å². The molecule has 0 amide bonds. The zero-order chi connectivity index (χ0) is 18.7. The number of rotatable bonds is 5. The van der Waals surface area contributed by atoms with E-state index in [1.165, 1.54) is 35.7 Å². The van der Waals surface area contributed by atoms with Gasteiger partial charge >= 0.3 is 5.97 Å². The normalized spacial score (nSPS) is 17.8. The molecular weight excluding hydrogens is 358 g/mol. The fourth-order valence-electron chi connectivity index (χ4n) is 2.71. The fourth-order valence-corrected chi connectivity index (χ4v) is 4.20. The second-order valence-corrected chi connectivity index (χ2v) is 7.79. The Morgan fingerprint density at radius 2 is 1.96 bits per heavy atom. The maximum atomic E-state index is 12.8. The van der Waals surface area contributed by atoms with Crippen LogP contribution in [0.4, 0.5) is 0 Å². The number of carbonyl (C=O) groups is 1. The Morgan fingerprint density at radius 1 is 1.23 bits per heavy atom. The van der Waals surface area contributed by atoms with Crippen molar-refractivity contribution in [1.29, 1.82) is 0 Å². The first-order valence-corrected chi connectivity index (χ1v) is 9.49. The lowest BCUT2D eigenvalue weighted by Gasteiger charge is -2.17. The van der Waals surface area contributed by atoms with Crippen molar-refractivity contribution in [2.45, 2.75) is 24.3 Å². The summed E-state index contributed by atoms with van der Waals surface area (Å²) < 4.78 is 37.3. The lowest BCUT2D eigenvalue weighted by atomic mass is 10.2. The molecule has 0 radical (unpaired) electrons. The van der Waals surface area contributed by atoms with Crippen LogP contribution < -0.4 is 4.74 Å². The minimum atomic E-state index is -3.65. The molecular formula is C17H19N3O5S. The predicted octanol–water partition coefficient (Wildman–Crippen LogP) is 1.41. The minimum Gasteiger partial charge on any atom is -0.473 e. The van der Waals surface area contributed by atoms with Gasteiger partial charge in [-0.25, -0.2) is 18.2 Å². The molecule has 1 aliphatic rings. The number of hydrogen-bond donors (Lipinski definition) is 0. The van der Waals surface area contributed by atoms with E-state index in [1.807, 2.05) is 0 Å². The third kappa shape index (κ3) is 3.83. The number of nitrogens with zero attached hydrogens (tertiary/aromatic N) is 3. The van der Waals surface area contributed by atoms with E-state index in [0.29, 0.717) is 30.2 Å². The van der Waals surface area contributed by atoms with Gasteiger partial charge in [-0.1, -0.05) is 0 Å². The largest absolute Gasteiger partial charge is 0.473 e. The van der Waals surface area contributed by atoms with E-state index in [4.69, 9.17) is 4.74 Å². The maximum absolute atomic E-state index is 12.8. The zero-order valence-electron chi connectivity index (χ0n) is 14.5. The van der Waals surface area contributed by atoms with Crippen molar-refractivity contribution in [3.05, 3.63) is 47.9 Å². The summed E-state index contributed by atoms with van der Waals surface area (Å²) in [5, 5.41) is 0. The molecule has 2 heterocycles. The van der Waals surface area contributed by atoms with Crippen LogP contribution in [0.5, 0.6) is 5.88 Å². The van der Waals surface area contributed by atoms with Crippen LogP contribution in [0, 0.1) is 6.92 Å². The van der Waals surface area contributed by atoms with Gasteiger partial charge in [0, 0.05) is 18.8 Å². The fraction of sp³-hybridized carbons (Fsp3) is 0.353. The molecule has 1 aromatic carbocycles. The van der Waals surface area contributed by atoms with Crippen LogP contribution in [-0.4, -0.2) is 55.0 Å². The van der Waals surface area contributed by atoms with Crippen molar-refractivity contribution in [3.63, 3.8) is 0 Å². The highest BCUT2D eigenvalue weighted by molar-refractivity contribution is 7.89. The molecule has 0 aliphatic carbocycles. The number of aromatic nitrogens is 2. The third-order valence-corrected chi connectivity index (χ3v) is 5.94. The smallest absolute Gasteiger partial charge is 0.337 e. The monoisotopic (exact) mass is 377 g/mol. The average molecular weight is 377 g/mol. The summed E-state index contributed by atoms with van der Waals surface area (Å²) in [6.45, 7) is 2.36. The first-order chi connectivity index (χ1) is 12.4. The standard InChI is InChI=1S/C17H19N3O5S/c1-12-18-9-7-16(19-12)25-14-8-10-20(11-14)26(22,23)15-5-3-13(4-6-15)17(21)24-2/h3-7,9,14H,8,10-11H2,1-2H3/t14-/m0/s1. The Bertz CT molecular complexity index is 899. The average Bonchev–Trinajstić information content (AvgIpc) is 3.10. The molecule has 1 saturated heterocycles. The Balaban J connectivity index is 1.69. The van der Waals surface area contributed by atoms with Gasteiger partial charge in [0.2, 0.25) is 15.9 Å². The molecule has 0 N–H and O–H groups in total. The van der Waals surface area contributed by atoms with E-state index in [0.717, 1.165) is 0 Å². The van der Waals surface area contributed by atoms with Crippen LogP contribution in [0.15, 0.2) is 41.4 Å². The minimum absolute atomic E-state index is 0.128. The third-order valence-electron chi connectivity index (χ3n) is 4.06. The maximum Gasteiger partial charge on any atom is 0.337 e. The molecule has 2 aromatic rings. The highest BCUT2D eigenvalue weighted by Crippen LogP contribution is 2.24. The van der Waals surface area contributed by atoms with Gasteiger partial charge in [-0.3, -0.25) is 0 Å². The van der Waals surface area contributed by atoms with Crippen molar-refractivity contribution in [2.75, 3.05) is 20.2 Å². The van der Waals surface area contributed by atoms with Crippen molar-refractivity contribution in [1.82, 2.24) is 14.3 Å². The molecule has 8 nitrogen and oxygen atoms in total. The number of methoxy groups -OCH3 is 1. The molecule has 26 heavy (non-hydrogen) atoms. The second kappa shape index (κ2) is 7.38. The van der Waals surface area contributed by atoms with Gasteiger partial charge in [0.15, 0.2) is 0 Å². The Hall–Kier alpha value is -2.52. The molecule has 1 fully saturated rings. The van der Waals surface area contributed by atoms with Crippen molar-refractivity contribution in [3.8, 4) is 5.88 Å². The predicted molar refractivity (Wildman–Crippen MR) is 92.3 cm³/mol. The molecule has 0 unspecified atom stereocenters. The van der Waals surface area contributed by atoms with Crippen LogP contribution in [0.3, 0.4) is 0 Å². The number of aryl methyl sites for hydroxylation is 1.